The zero-order chi connectivity index (χ0) is 10.9. The molecule has 0 radical (unpaired) electrons. The molecule has 0 aromatic rings. The first-order valence-corrected chi connectivity index (χ1v) is 6.16. The lowest BCUT2D eigenvalue weighted by Gasteiger charge is -2.50. The van der Waals surface area contributed by atoms with Crippen LogP contribution in [0, 0.1) is 16.7 Å². The molecular weight excluding hydrogens is 182 g/mol. The maximum atomic E-state index is 5.71. The Bertz CT molecular complexity index is 281. The van der Waals surface area contributed by atoms with Crippen LogP contribution in [0.4, 0.5) is 0 Å². The second-order valence-corrected chi connectivity index (χ2v) is 5.56. The summed E-state index contributed by atoms with van der Waals surface area (Å²) in [5.41, 5.74) is 6.96. The third-order valence-corrected chi connectivity index (χ3v) is 4.95. The quantitative estimate of drug-likeness (QED) is 0.685. The standard InChI is InChI=1S/C14H23N/c1-3-4-5-6-12-11-14(12)8-7-13(14,2)9-10-15/h3-5,12H,1,6-11,15H2,2H3/b5-4-/t12-,13?,14-/m0/s1. The lowest BCUT2D eigenvalue weighted by molar-refractivity contribution is 0.00467. The lowest BCUT2D eigenvalue weighted by atomic mass is 9.55. The topological polar surface area (TPSA) is 26.0 Å². The summed E-state index contributed by atoms with van der Waals surface area (Å²) in [6.45, 7) is 7.00. The van der Waals surface area contributed by atoms with Crippen LogP contribution in [0.3, 0.4) is 0 Å². The Morgan fingerprint density at radius 2 is 2.27 bits per heavy atom. The fourth-order valence-electron chi connectivity index (χ4n) is 3.64. The van der Waals surface area contributed by atoms with Crippen molar-refractivity contribution in [3.05, 3.63) is 24.8 Å². The Kier molecular flexibility index (Phi) is 2.76. The Hall–Kier alpha value is -0.560. The summed E-state index contributed by atoms with van der Waals surface area (Å²) in [4.78, 5) is 0. The van der Waals surface area contributed by atoms with Crippen molar-refractivity contribution in [1.82, 2.24) is 0 Å². The highest BCUT2D eigenvalue weighted by atomic mass is 14.7. The fourth-order valence-corrected chi connectivity index (χ4v) is 3.64. The average Bonchev–Trinajstić information content (AvgIpc) is 2.95. The van der Waals surface area contributed by atoms with Gasteiger partial charge in [-0.15, -0.1) is 0 Å². The molecule has 2 saturated carbocycles. The molecule has 0 aliphatic heterocycles. The zero-order valence-corrected chi connectivity index (χ0v) is 9.84. The number of hydrogen-bond acceptors (Lipinski definition) is 1. The lowest BCUT2D eigenvalue weighted by Crippen LogP contribution is -2.42. The number of hydrogen-bond donors (Lipinski definition) is 1. The van der Waals surface area contributed by atoms with Crippen LogP contribution < -0.4 is 5.73 Å². The highest BCUT2D eigenvalue weighted by Crippen LogP contribution is 2.76. The number of rotatable bonds is 5. The summed E-state index contributed by atoms with van der Waals surface area (Å²) < 4.78 is 0. The Morgan fingerprint density at radius 3 is 2.80 bits per heavy atom. The van der Waals surface area contributed by atoms with Crippen molar-refractivity contribution in [2.24, 2.45) is 22.5 Å². The molecule has 0 bridgehead atoms. The summed E-state index contributed by atoms with van der Waals surface area (Å²) in [5, 5.41) is 0. The maximum Gasteiger partial charge on any atom is -0.00719 e. The molecule has 0 heterocycles. The molecule has 2 N–H and O–H groups in total. The summed E-state index contributed by atoms with van der Waals surface area (Å²) in [6.07, 6.45) is 12.9. The molecule has 3 atom stereocenters. The predicted molar refractivity (Wildman–Crippen MR) is 65.5 cm³/mol. The van der Waals surface area contributed by atoms with Gasteiger partial charge in [0, 0.05) is 0 Å². The van der Waals surface area contributed by atoms with Crippen LogP contribution in [-0.4, -0.2) is 6.54 Å². The summed E-state index contributed by atoms with van der Waals surface area (Å²) in [7, 11) is 0. The molecular formula is C14H23N. The highest BCUT2D eigenvalue weighted by Gasteiger charge is 2.68. The van der Waals surface area contributed by atoms with Gasteiger partial charge in [0.1, 0.15) is 0 Å². The molecule has 0 amide bonds. The van der Waals surface area contributed by atoms with Gasteiger partial charge in [-0.25, -0.2) is 0 Å². The first kappa shape index (κ1) is 10.9. The van der Waals surface area contributed by atoms with Crippen LogP contribution >= 0.6 is 0 Å². The Balaban J connectivity index is 1.90. The van der Waals surface area contributed by atoms with Gasteiger partial charge in [0.15, 0.2) is 0 Å². The Morgan fingerprint density at radius 1 is 1.47 bits per heavy atom. The van der Waals surface area contributed by atoms with E-state index in [1.807, 2.05) is 6.08 Å². The van der Waals surface area contributed by atoms with Gasteiger partial charge in [-0.2, -0.15) is 0 Å². The van der Waals surface area contributed by atoms with Gasteiger partial charge in [0.25, 0.3) is 0 Å². The van der Waals surface area contributed by atoms with E-state index in [9.17, 15) is 0 Å². The normalized spacial score (nSPS) is 43.2. The van der Waals surface area contributed by atoms with Crippen LogP contribution in [0.1, 0.15) is 39.0 Å². The zero-order valence-electron chi connectivity index (χ0n) is 9.84. The molecule has 1 spiro atoms. The third-order valence-electron chi connectivity index (χ3n) is 4.95. The minimum atomic E-state index is 0.564. The smallest absolute Gasteiger partial charge is 0.00719 e. The van der Waals surface area contributed by atoms with Crippen LogP contribution in [-0.2, 0) is 0 Å². The average molecular weight is 205 g/mol. The van der Waals surface area contributed by atoms with Crippen molar-refractivity contribution < 1.29 is 0 Å². The second-order valence-electron chi connectivity index (χ2n) is 5.56. The minimum absolute atomic E-state index is 0.564. The van der Waals surface area contributed by atoms with Crippen LogP contribution in [0.5, 0.6) is 0 Å². The van der Waals surface area contributed by atoms with E-state index < -0.39 is 0 Å². The molecule has 0 saturated heterocycles. The first-order valence-electron chi connectivity index (χ1n) is 6.16. The molecule has 84 valence electrons. The van der Waals surface area contributed by atoms with Crippen molar-refractivity contribution in [1.29, 1.82) is 0 Å². The first-order chi connectivity index (χ1) is 7.18. The van der Waals surface area contributed by atoms with E-state index in [1.54, 1.807) is 0 Å². The maximum absolute atomic E-state index is 5.71. The molecule has 0 aromatic heterocycles. The van der Waals surface area contributed by atoms with E-state index in [2.05, 4.69) is 25.7 Å². The van der Waals surface area contributed by atoms with Gasteiger partial charge < -0.3 is 5.73 Å². The summed E-state index contributed by atoms with van der Waals surface area (Å²) in [5.74, 6) is 0.930. The summed E-state index contributed by atoms with van der Waals surface area (Å²) in [6, 6.07) is 0. The van der Waals surface area contributed by atoms with E-state index in [-0.39, 0.29) is 0 Å². The van der Waals surface area contributed by atoms with Gasteiger partial charge in [-0.1, -0.05) is 31.7 Å². The monoisotopic (exact) mass is 205 g/mol. The van der Waals surface area contributed by atoms with E-state index in [0.29, 0.717) is 10.8 Å². The van der Waals surface area contributed by atoms with Gasteiger partial charge in [-0.3, -0.25) is 0 Å². The van der Waals surface area contributed by atoms with Crippen molar-refractivity contribution in [2.45, 2.75) is 39.0 Å². The van der Waals surface area contributed by atoms with E-state index in [0.717, 1.165) is 12.5 Å². The minimum Gasteiger partial charge on any atom is -0.330 e. The van der Waals surface area contributed by atoms with E-state index in [4.69, 9.17) is 5.73 Å². The van der Waals surface area contributed by atoms with Gasteiger partial charge >= 0.3 is 0 Å². The van der Waals surface area contributed by atoms with Gasteiger partial charge in [-0.05, 0) is 55.4 Å². The van der Waals surface area contributed by atoms with Crippen LogP contribution in [0.15, 0.2) is 24.8 Å². The molecule has 1 unspecified atom stereocenters. The van der Waals surface area contributed by atoms with Crippen molar-refractivity contribution in [3.63, 3.8) is 0 Å². The molecule has 2 rings (SSSR count). The van der Waals surface area contributed by atoms with Crippen molar-refractivity contribution >= 4 is 0 Å². The largest absolute Gasteiger partial charge is 0.330 e. The highest BCUT2D eigenvalue weighted by molar-refractivity contribution is 5.19. The van der Waals surface area contributed by atoms with Crippen LogP contribution in [0.25, 0.3) is 0 Å². The predicted octanol–water partition coefficient (Wildman–Crippen LogP) is 3.27. The summed E-state index contributed by atoms with van der Waals surface area (Å²) >= 11 is 0. The third kappa shape index (κ3) is 1.57. The molecule has 15 heavy (non-hydrogen) atoms. The molecule has 0 aromatic carbocycles. The van der Waals surface area contributed by atoms with Gasteiger partial charge in [0.2, 0.25) is 0 Å². The van der Waals surface area contributed by atoms with Crippen LogP contribution in [0.2, 0.25) is 0 Å². The number of nitrogens with two attached hydrogens (primary N) is 1. The molecule has 2 fully saturated rings. The SMILES string of the molecule is C=C/C=C\C[C@H]1C[C@@]12CCC2(C)CCN. The van der Waals surface area contributed by atoms with E-state index >= 15 is 0 Å². The van der Waals surface area contributed by atoms with Crippen molar-refractivity contribution in [2.75, 3.05) is 6.54 Å². The number of allylic oxidation sites excluding steroid dienone is 3. The van der Waals surface area contributed by atoms with Crippen molar-refractivity contribution in [3.8, 4) is 0 Å². The van der Waals surface area contributed by atoms with E-state index in [1.165, 1.54) is 32.1 Å². The molecule has 1 heteroatoms. The molecule has 1 nitrogen and oxygen atoms in total. The Labute approximate surface area is 93.4 Å². The molecule has 2 aliphatic rings. The second kappa shape index (κ2) is 3.79. The molecule has 2 aliphatic carbocycles. The fraction of sp³-hybridized carbons (Fsp3) is 0.714. The van der Waals surface area contributed by atoms with Gasteiger partial charge in [0.05, 0.1) is 0 Å².